The highest BCUT2D eigenvalue weighted by molar-refractivity contribution is 5.92. The van der Waals surface area contributed by atoms with Crippen LogP contribution in [0.4, 0.5) is 5.69 Å². The maximum Gasteiger partial charge on any atom is 0.354 e. The molecule has 5 nitrogen and oxygen atoms in total. The summed E-state index contributed by atoms with van der Waals surface area (Å²) in [5, 5.41) is 9.19. The molecule has 1 N–H and O–H groups in total. The molecule has 0 saturated carbocycles. The molecule has 0 radical (unpaired) electrons. The quantitative estimate of drug-likeness (QED) is 0.735. The van der Waals surface area contributed by atoms with Crippen LogP contribution in [0.2, 0.25) is 0 Å². The van der Waals surface area contributed by atoms with E-state index in [9.17, 15) is 14.7 Å². The first-order valence-electron chi connectivity index (χ1n) is 9.21. The van der Waals surface area contributed by atoms with Crippen LogP contribution in [-0.4, -0.2) is 22.0 Å². The van der Waals surface area contributed by atoms with Crippen LogP contribution in [0.15, 0.2) is 60.7 Å². The molecular formula is C23H20N2O3. The van der Waals surface area contributed by atoms with Gasteiger partial charge in [-0.3, -0.25) is 4.79 Å². The highest BCUT2D eigenvalue weighted by atomic mass is 16.4. The van der Waals surface area contributed by atoms with Crippen LogP contribution in [0.25, 0.3) is 11.3 Å². The van der Waals surface area contributed by atoms with Gasteiger partial charge in [-0.1, -0.05) is 36.4 Å². The summed E-state index contributed by atoms with van der Waals surface area (Å²) in [5.41, 5.74) is 5.92. The molecule has 28 heavy (non-hydrogen) atoms. The summed E-state index contributed by atoms with van der Waals surface area (Å²) < 4.78 is 0. The number of aryl methyl sites for hydroxylation is 2. The lowest BCUT2D eigenvalue weighted by Gasteiger charge is -2.28. The first-order chi connectivity index (χ1) is 13.5. The molecule has 0 bridgehead atoms. The van der Waals surface area contributed by atoms with Gasteiger partial charge in [0.25, 0.3) is 0 Å². The molecule has 140 valence electrons. The summed E-state index contributed by atoms with van der Waals surface area (Å²) in [6, 6.07) is 19.1. The first kappa shape index (κ1) is 17.9. The minimum Gasteiger partial charge on any atom is -0.477 e. The lowest BCUT2D eigenvalue weighted by Crippen LogP contribution is -2.30. The summed E-state index contributed by atoms with van der Waals surface area (Å²) in [6.07, 6.45) is 1.68. The minimum absolute atomic E-state index is 0.0141. The largest absolute Gasteiger partial charge is 0.477 e. The van der Waals surface area contributed by atoms with Crippen LogP contribution in [0.5, 0.6) is 0 Å². The van der Waals surface area contributed by atoms with Crippen molar-refractivity contribution in [3.63, 3.8) is 0 Å². The van der Waals surface area contributed by atoms with Gasteiger partial charge in [0.1, 0.15) is 5.69 Å². The standard InChI is InChI=1S/C23H20N2O3/c1-15(26)25-14-19-12-11-18(20-6-4-7-21(24-20)23(27)28)13-17(19)10-9-16-5-2-3-8-22(16)25/h2-8,11-13H,9-10,14H2,1H3,(H,27,28). The second-order valence-corrected chi connectivity index (χ2v) is 6.93. The highest BCUT2D eigenvalue weighted by Gasteiger charge is 2.20. The van der Waals surface area contributed by atoms with Gasteiger partial charge in [-0.15, -0.1) is 0 Å². The minimum atomic E-state index is -1.04. The lowest BCUT2D eigenvalue weighted by molar-refractivity contribution is -0.116. The number of fused-ring (bicyclic) bond motifs is 2. The predicted octanol–water partition coefficient (Wildman–Crippen LogP) is 4.10. The smallest absolute Gasteiger partial charge is 0.354 e. The zero-order chi connectivity index (χ0) is 19.7. The van der Waals surface area contributed by atoms with E-state index in [0.717, 1.165) is 40.8 Å². The van der Waals surface area contributed by atoms with Crippen LogP contribution < -0.4 is 4.90 Å². The van der Waals surface area contributed by atoms with E-state index >= 15 is 0 Å². The number of hydrogen-bond acceptors (Lipinski definition) is 3. The average Bonchev–Trinajstić information content (AvgIpc) is 2.69. The van der Waals surface area contributed by atoms with Crippen molar-refractivity contribution in [2.24, 2.45) is 0 Å². The number of carbonyl (C=O) groups excluding carboxylic acids is 1. The van der Waals surface area contributed by atoms with Crippen molar-refractivity contribution in [3.8, 4) is 11.3 Å². The highest BCUT2D eigenvalue weighted by Crippen LogP contribution is 2.30. The van der Waals surface area contributed by atoms with Crippen molar-refractivity contribution in [1.29, 1.82) is 0 Å². The molecule has 2 heterocycles. The van der Waals surface area contributed by atoms with E-state index in [4.69, 9.17) is 0 Å². The number of aromatic nitrogens is 1. The number of anilines is 1. The summed E-state index contributed by atoms with van der Waals surface area (Å²) in [6.45, 7) is 2.11. The third kappa shape index (κ3) is 3.39. The molecule has 0 spiro atoms. The molecule has 2 aromatic carbocycles. The number of aromatic carboxylic acids is 1. The van der Waals surface area contributed by atoms with Gasteiger partial charge in [0.2, 0.25) is 5.91 Å². The summed E-state index contributed by atoms with van der Waals surface area (Å²) in [4.78, 5) is 29.6. The van der Waals surface area contributed by atoms with Gasteiger partial charge < -0.3 is 10.0 Å². The second kappa shape index (κ2) is 7.27. The number of pyridine rings is 1. The van der Waals surface area contributed by atoms with E-state index in [1.54, 1.807) is 13.0 Å². The number of carboxylic acid groups (broad SMARTS) is 1. The molecule has 1 aliphatic heterocycles. The number of hydrogen-bond donors (Lipinski definition) is 1. The maximum absolute atomic E-state index is 12.3. The Kier molecular flexibility index (Phi) is 4.65. The van der Waals surface area contributed by atoms with Crippen molar-refractivity contribution < 1.29 is 14.7 Å². The summed E-state index contributed by atoms with van der Waals surface area (Å²) in [5.74, 6) is -1.03. The van der Waals surface area contributed by atoms with Crippen molar-refractivity contribution in [3.05, 3.63) is 83.0 Å². The van der Waals surface area contributed by atoms with Crippen LogP contribution in [0, 0.1) is 0 Å². The molecule has 0 atom stereocenters. The van der Waals surface area contributed by atoms with Gasteiger partial charge in [-0.2, -0.15) is 0 Å². The third-order valence-corrected chi connectivity index (χ3v) is 5.12. The van der Waals surface area contributed by atoms with Crippen molar-refractivity contribution >= 4 is 17.6 Å². The van der Waals surface area contributed by atoms with Gasteiger partial charge in [0, 0.05) is 18.2 Å². The maximum atomic E-state index is 12.3. The molecule has 3 aromatic rings. The van der Waals surface area contributed by atoms with Crippen LogP contribution in [0.3, 0.4) is 0 Å². The molecular weight excluding hydrogens is 352 g/mol. The van der Waals surface area contributed by atoms with Gasteiger partial charge in [0.05, 0.1) is 12.2 Å². The molecule has 0 fully saturated rings. The van der Waals surface area contributed by atoms with Crippen LogP contribution in [-0.2, 0) is 24.2 Å². The molecule has 1 aliphatic rings. The Morgan fingerprint density at radius 3 is 2.50 bits per heavy atom. The third-order valence-electron chi connectivity index (χ3n) is 5.12. The molecule has 1 aromatic heterocycles. The van der Waals surface area contributed by atoms with Crippen LogP contribution >= 0.6 is 0 Å². The molecule has 5 heteroatoms. The molecule has 0 unspecified atom stereocenters. The number of rotatable bonds is 2. The number of benzene rings is 2. The van der Waals surface area contributed by atoms with E-state index in [-0.39, 0.29) is 11.6 Å². The monoisotopic (exact) mass is 372 g/mol. The fourth-order valence-electron chi connectivity index (χ4n) is 3.68. The van der Waals surface area contributed by atoms with Gasteiger partial charge in [-0.25, -0.2) is 9.78 Å². The number of para-hydroxylation sites is 1. The van der Waals surface area contributed by atoms with Crippen molar-refractivity contribution in [2.75, 3.05) is 4.90 Å². The van der Waals surface area contributed by atoms with Crippen LogP contribution in [0.1, 0.15) is 34.1 Å². The second-order valence-electron chi connectivity index (χ2n) is 6.93. The fraction of sp³-hybridized carbons (Fsp3) is 0.174. The summed E-state index contributed by atoms with van der Waals surface area (Å²) >= 11 is 0. The Balaban J connectivity index is 1.75. The SMILES string of the molecule is CC(=O)N1Cc2ccc(-c3cccc(C(=O)O)n3)cc2CCc2ccccc21. The van der Waals surface area contributed by atoms with Gasteiger partial charge in [0.15, 0.2) is 0 Å². The molecule has 1 amide bonds. The predicted molar refractivity (Wildman–Crippen MR) is 107 cm³/mol. The number of carboxylic acids is 1. The fourth-order valence-corrected chi connectivity index (χ4v) is 3.68. The topological polar surface area (TPSA) is 70.5 Å². The zero-order valence-corrected chi connectivity index (χ0v) is 15.6. The Bertz CT molecular complexity index is 1070. The first-order valence-corrected chi connectivity index (χ1v) is 9.21. The van der Waals surface area contributed by atoms with E-state index in [0.29, 0.717) is 12.2 Å². The van der Waals surface area contributed by atoms with Crippen molar-refractivity contribution in [1.82, 2.24) is 4.98 Å². The molecule has 4 rings (SSSR count). The molecule has 0 saturated heterocycles. The van der Waals surface area contributed by atoms with E-state index in [1.807, 2.05) is 41.3 Å². The van der Waals surface area contributed by atoms with E-state index in [2.05, 4.69) is 17.1 Å². The number of amides is 1. The Hall–Kier alpha value is -3.47. The Morgan fingerprint density at radius 1 is 0.929 bits per heavy atom. The average molecular weight is 372 g/mol. The lowest BCUT2D eigenvalue weighted by atomic mass is 9.93. The molecule has 0 aliphatic carbocycles. The van der Waals surface area contributed by atoms with Gasteiger partial charge >= 0.3 is 5.97 Å². The zero-order valence-electron chi connectivity index (χ0n) is 15.6. The van der Waals surface area contributed by atoms with E-state index in [1.165, 1.54) is 6.07 Å². The Labute approximate surface area is 163 Å². The van der Waals surface area contributed by atoms with Crippen molar-refractivity contribution in [2.45, 2.75) is 26.3 Å². The van der Waals surface area contributed by atoms with E-state index < -0.39 is 5.97 Å². The summed E-state index contributed by atoms with van der Waals surface area (Å²) in [7, 11) is 0. The number of carbonyl (C=O) groups is 2. The Morgan fingerprint density at radius 2 is 1.71 bits per heavy atom. The number of nitrogens with zero attached hydrogens (tertiary/aromatic N) is 2. The normalized spacial score (nSPS) is 13.1. The van der Waals surface area contributed by atoms with Gasteiger partial charge in [-0.05, 0) is 53.8 Å².